The topological polar surface area (TPSA) is 75.1 Å². The minimum atomic E-state index is -0.179. The number of aryl methyl sites for hydroxylation is 2. The van der Waals surface area contributed by atoms with E-state index in [0.717, 1.165) is 15.4 Å². The molecule has 0 bridgehead atoms. The molecule has 0 saturated heterocycles. The Kier molecular flexibility index (Phi) is 5.51. The second-order valence-electron chi connectivity index (χ2n) is 5.34. The van der Waals surface area contributed by atoms with Gasteiger partial charge in [-0.05, 0) is 21.0 Å². The zero-order valence-corrected chi connectivity index (χ0v) is 14.1. The SMILES string of the molecule is Cc1ncc(CNC(=O)NCC(c2cnn(C)c2)N(C)C)s1. The maximum atomic E-state index is 11.9. The lowest BCUT2D eigenvalue weighted by Crippen LogP contribution is -2.40. The summed E-state index contributed by atoms with van der Waals surface area (Å²) in [6, 6.07) is -0.0908. The van der Waals surface area contributed by atoms with Crippen LogP contribution in [0.25, 0.3) is 0 Å². The van der Waals surface area contributed by atoms with E-state index in [1.165, 1.54) is 0 Å². The van der Waals surface area contributed by atoms with Crippen molar-refractivity contribution in [1.82, 2.24) is 30.3 Å². The molecule has 1 atom stereocenters. The predicted molar refractivity (Wildman–Crippen MR) is 86.7 cm³/mol. The molecule has 2 rings (SSSR count). The highest BCUT2D eigenvalue weighted by molar-refractivity contribution is 7.11. The van der Waals surface area contributed by atoms with Gasteiger partial charge in [0.1, 0.15) is 0 Å². The Morgan fingerprint density at radius 2 is 2.18 bits per heavy atom. The Hall–Kier alpha value is -1.93. The number of carbonyl (C=O) groups is 1. The van der Waals surface area contributed by atoms with E-state index in [1.54, 1.807) is 22.2 Å². The van der Waals surface area contributed by atoms with Gasteiger partial charge in [-0.2, -0.15) is 5.10 Å². The molecule has 2 amide bonds. The minimum absolute atomic E-state index is 0.0881. The summed E-state index contributed by atoms with van der Waals surface area (Å²) >= 11 is 1.59. The summed E-state index contributed by atoms with van der Waals surface area (Å²) in [5.74, 6) is 0. The molecule has 120 valence electrons. The molecule has 8 heteroatoms. The fourth-order valence-corrected chi connectivity index (χ4v) is 2.85. The van der Waals surface area contributed by atoms with Crippen molar-refractivity contribution in [1.29, 1.82) is 0 Å². The van der Waals surface area contributed by atoms with Crippen molar-refractivity contribution in [2.75, 3.05) is 20.6 Å². The Morgan fingerprint density at radius 3 is 2.73 bits per heavy atom. The fraction of sp³-hybridized carbons (Fsp3) is 0.500. The largest absolute Gasteiger partial charge is 0.336 e. The van der Waals surface area contributed by atoms with Gasteiger partial charge in [-0.25, -0.2) is 9.78 Å². The van der Waals surface area contributed by atoms with Crippen molar-refractivity contribution in [2.24, 2.45) is 7.05 Å². The second-order valence-corrected chi connectivity index (χ2v) is 6.66. The number of amides is 2. The molecule has 2 N–H and O–H groups in total. The Morgan fingerprint density at radius 1 is 1.41 bits per heavy atom. The first kappa shape index (κ1) is 16.4. The van der Waals surface area contributed by atoms with Crippen LogP contribution in [0.4, 0.5) is 4.79 Å². The Bertz CT molecular complexity index is 620. The third kappa shape index (κ3) is 4.54. The highest BCUT2D eigenvalue weighted by Gasteiger charge is 2.16. The van der Waals surface area contributed by atoms with Gasteiger partial charge < -0.3 is 15.5 Å². The lowest BCUT2D eigenvalue weighted by molar-refractivity contribution is 0.232. The fourth-order valence-electron chi connectivity index (χ4n) is 2.12. The molecule has 1 unspecified atom stereocenters. The van der Waals surface area contributed by atoms with Gasteiger partial charge in [0.15, 0.2) is 0 Å². The lowest BCUT2D eigenvalue weighted by atomic mass is 10.1. The van der Waals surface area contributed by atoms with E-state index in [-0.39, 0.29) is 12.1 Å². The average Bonchev–Trinajstić information content (AvgIpc) is 3.05. The number of likely N-dealkylation sites (N-methyl/N-ethyl adjacent to an activating group) is 1. The number of urea groups is 1. The molecule has 2 aromatic heterocycles. The predicted octanol–water partition coefficient (Wildman–Crippen LogP) is 1.29. The number of rotatable bonds is 6. The molecule has 0 fully saturated rings. The van der Waals surface area contributed by atoms with E-state index in [9.17, 15) is 4.79 Å². The zero-order chi connectivity index (χ0) is 16.1. The summed E-state index contributed by atoms with van der Waals surface area (Å²) in [6.45, 7) is 2.97. The summed E-state index contributed by atoms with van der Waals surface area (Å²) < 4.78 is 1.76. The van der Waals surface area contributed by atoms with Crippen LogP contribution >= 0.6 is 11.3 Å². The van der Waals surface area contributed by atoms with Crippen molar-refractivity contribution in [3.05, 3.63) is 34.0 Å². The average molecular weight is 322 g/mol. The van der Waals surface area contributed by atoms with E-state index in [0.29, 0.717) is 13.1 Å². The van der Waals surface area contributed by atoms with Gasteiger partial charge in [0, 0.05) is 36.4 Å². The molecule has 0 spiro atoms. The van der Waals surface area contributed by atoms with E-state index >= 15 is 0 Å². The molecule has 22 heavy (non-hydrogen) atoms. The first-order valence-electron chi connectivity index (χ1n) is 7.03. The van der Waals surface area contributed by atoms with Crippen LogP contribution in [-0.2, 0) is 13.6 Å². The number of nitrogens with zero attached hydrogens (tertiary/aromatic N) is 4. The van der Waals surface area contributed by atoms with Gasteiger partial charge in [-0.15, -0.1) is 11.3 Å². The highest BCUT2D eigenvalue weighted by atomic mass is 32.1. The van der Waals surface area contributed by atoms with Crippen molar-refractivity contribution in [3.63, 3.8) is 0 Å². The number of hydrogen-bond acceptors (Lipinski definition) is 5. The standard InChI is InChI=1S/C14H22N6OS/c1-10-15-6-12(22-10)7-16-14(21)17-8-13(19(2)3)11-5-18-20(4)9-11/h5-6,9,13H,7-8H2,1-4H3,(H2,16,17,21). The maximum Gasteiger partial charge on any atom is 0.315 e. The first-order valence-corrected chi connectivity index (χ1v) is 7.85. The van der Waals surface area contributed by atoms with E-state index in [2.05, 4.69) is 25.6 Å². The summed E-state index contributed by atoms with van der Waals surface area (Å²) in [5, 5.41) is 10.9. The molecule has 0 aliphatic carbocycles. The Labute approximate surface area is 134 Å². The van der Waals surface area contributed by atoms with Crippen LogP contribution in [0.3, 0.4) is 0 Å². The number of thiazole rings is 1. The van der Waals surface area contributed by atoms with Crippen LogP contribution in [0.1, 0.15) is 21.5 Å². The lowest BCUT2D eigenvalue weighted by Gasteiger charge is -2.23. The smallest absolute Gasteiger partial charge is 0.315 e. The molecular formula is C14H22N6OS. The molecular weight excluding hydrogens is 300 g/mol. The third-order valence-electron chi connectivity index (χ3n) is 3.28. The monoisotopic (exact) mass is 322 g/mol. The van der Waals surface area contributed by atoms with Crippen LogP contribution in [-0.4, -0.2) is 46.3 Å². The molecule has 0 aromatic carbocycles. The molecule has 7 nitrogen and oxygen atoms in total. The summed E-state index contributed by atoms with van der Waals surface area (Å²) in [5.41, 5.74) is 1.07. The highest BCUT2D eigenvalue weighted by Crippen LogP contribution is 2.16. The van der Waals surface area contributed by atoms with Crippen LogP contribution < -0.4 is 10.6 Å². The minimum Gasteiger partial charge on any atom is -0.336 e. The molecule has 2 aromatic rings. The van der Waals surface area contributed by atoms with Gasteiger partial charge in [-0.1, -0.05) is 0 Å². The van der Waals surface area contributed by atoms with Crippen LogP contribution in [0, 0.1) is 6.92 Å². The quantitative estimate of drug-likeness (QED) is 0.840. The summed E-state index contributed by atoms with van der Waals surface area (Å²) in [6.07, 6.45) is 5.58. The van der Waals surface area contributed by atoms with Gasteiger partial charge in [0.05, 0.1) is 23.8 Å². The molecule has 0 aliphatic rings. The number of hydrogen-bond donors (Lipinski definition) is 2. The second kappa shape index (κ2) is 7.37. The van der Waals surface area contributed by atoms with Gasteiger partial charge >= 0.3 is 6.03 Å². The normalized spacial score (nSPS) is 12.4. The third-order valence-corrected chi connectivity index (χ3v) is 4.19. The number of aromatic nitrogens is 3. The molecule has 0 radical (unpaired) electrons. The van der Waals surface area contributed by atoms with Gasteiger partial charge in [0.2, 0.25) is 0 Å². The van der Waals surface area contributed by atoms with Crippen LogP contribution in [0.15, 0.2) is 18.6 Å². The number of nitrogens with one attached hydrogen (secondary N) is 2. The molecule has 0 saturated carbocycles. The molecule has 2 heterocycles. The van der Waals surface area contributed by atoms with E-state index in [4.69, 9.17) is 0 Å². The van der Waals surface area contributed by atoms with E-state index in [1.807, 2.05) is 40.5 Å². The summed E-state index contributed by atoms with van der Waals surface area (Å²) in [7, 11) is 5.85. The van der Waals surface area contributed by atoms with E-state index < -0.39 is 0 Å². The molecule has 0 aliphatic heterocycles. The number of carbonyl (C=O) groups excluding carboxylic acids is 1. The van der Waals surface area contributed by atoms with Crippen molar-refractivity contribution < 1.29 is 4.79 Å². The first-order chi connectivity index (χ1) is 10.5. The van der Waals surface area contributed by atoms with Gasteiger partial charge in [-0.3, -0.25) is 4.68 Å². The van der Waals surface area contributed by atoms with Crippen molar-refractivity contribution >= 4 is 17.4 Å². The summed E-state index contributed by atoms with van der Waals surface area (Å²) in [4.78, 5) is 19.2. The van der Waals surface area contributed by atoms with Crippen molar-refractivity contribution in [2.45, 2.75) is 19.5 Å². The zero-order valence-electron chi connectivity index (χ0n) is 13.3. The van der Waals surface area contributed by atoms with Crippen molar-refractivity contribution in [3.8, 4) is 0 Å². The van der Waals surface area contributed by atoms with Gasteiger partial charge in [0.25, 0.3) is 0 Å². The Balaban J connectivity index is 1.82. The van der Waals surface area contributed by atoms with Crippen LogP contribution in [0.2, 0.25) is 0 Å². The maximum absolute atomic E-state index is 11.9. The van der Waals surface area contributed by atoms with Crippen LogP contribution in [0.5, 0.6) is 0 Å².